The number of nitrogens with zero attached hydrogens (tertiary/aromatic N) is 2. The summed E-state index contributed by atoms with van der Waals surface area (Å²) < 4.78 is 12.0. The van der Waals surface area contributed by atoms with Crippen LogP contribution in [0.5, 0.6) is 5.75 Å². The van der Waals surface area contributed by atoms with Crippen LogP contribution in [0.4, 0.5) is 5.13 Å². The highest BCUT2D eigenvalue weighted by Crippen LogP contribution is 2.44. The molecule has 1 saturated heterocycles. The average molecular weight is 707 g/mol. The monoisotopic (exact) mass is 706 g/mol. The molecule has 1 aromatic heterocycles. The van der Waals surface area contributed by atoms with Gasteiger partial charge in [-0.3, -0.25) is 14.5 Å². The van der Waals surface area contributed by atoms with E-state index in [2.05, 4.69) is 34.2 Å². The number of benzene rings is 3. The van der Waals surface area contributed by atoms with Crippen molar-refractivity contribution in [3.05, 3.63) is 127 Å². The molecule has 8 nitrogen and oxygen atoms in total. The van der Waals surface area contributed by atoms with Crippen molar-refractivity contribution in [3.8, 4) is 5.75 Å². The topological polar surface area (TPSA) is 106 Å². The number of halogens is 1. The van der Waals surface area contributed by atoms with Crippen LogP contribution in [0.2, 0.25) is 0 Å². The molecule has 0 radical (unpaired) electrons. The first-order valence-electron chi connectivity index (χ1n) is 13.3. The van der Waals surface area contributed by atoms with Gasteiger partial charge in [0, 0.05) is 9.13 Å². The minimum Gasteiger partial charge on any atom is -0.507 e. The standard InChI is InChI=1S/C33H27IN2O6S/c1-4-17-41-32(40)30-20(3)35-33(43-30)36-27(21-9-13-24(34)14-10-21)26(29(38)31(36)39)28(37)22-11-15-25(16-12-22)42-18-23-8-6-5-7-19(23)2/h4-16,27,37H,1,17-18H2,2-3H3. The number of Topliss-reactive ketones (excluding diaryl/α,β-unsaturated/α-hetero) is 1. The van der Waals surface area contributed by atoms with Crippen molar-refractivity contribution >= 4 is 62.5 Å². The highest BCUT2D eigenvalue weighted by molar-refractivity contribution is 14.1. The molecular formula is C33H27IN2O6S. The molecule has 0 aliphatic carbocycles. The van der Waals surface area contributed by atoms with Crippen LogP contribution in [0.3, 0.4) is 0 Å². The molecule has 1 atom stereocenters. The molecule has 1 unspecified atom stereocenters. The Morgan fingerprint density at radius 1 is 1.07 bits per heavy atom. The number of carbonyl (C=O) groups excluding carboxylic acids is 3. The van der Waals surface area contributed by atoms with Gasteiger partial charge in [0.2, 0.25) is 0 Å². The number of aliphatic hydroxyl groups excluding tert-OH is 1. The van der Waals surface area contributed by atoms with Gasteiger partial charge in [-0.25, -0.2) is 9.78 Å². The van der Waals surface area contributed by atoms with E-state index >= 15 is 0 Å². The van der Waals surface area contributed by atoms with Gasteiger partial charge in [-0.15, -0.1) is 0 Å². The Bertz CT molecular complexity index is 1740. The summed E-state index contributed by atoms with van der Waals surface area (Å²) >= 11 is 3.11. The van der Waals surface area contributed by atoms with Gasteiger partial charge in [-0.2, -0.15) is 0 Å². The van der Waals surface area contributed by atoms with Crippen molar-refractivity contribution in [1.82, 2.24) is 4.98 Å². The van der Waals surface area contributed by atoms with Gasteiger partial charge >= 0.3 is 11.9 Å². The first kappa shape index (κ1) is 30.2. The number of amides is 1. The predicted octanol–water partition coefficient (Wildman–Crippen LogP) is 6.91. The minimum absolute atomic E-state index is 0.0222. The van der Waals surface area contributed by atoms with Crippen LogP contribution in [0, 0.1) is 17.4 Å². The number of anilines is 1. The zero-order chi connectivity index (χ0) is 30.7. The van der Waals surface area contributed by atoms with Crippen molar-refractivity contribution in [2.24, 2.45) is 0 Å². The molecule has 3 aromatic carbocycles. The fourth-order valence-electron chi connectivity index (χ4n) is 4.66. The lowest BCUT2D eigenvalue weighted by Crippen LogP contribution is -2.29. The zero-order valence-corrected chi connectivity index (χ0v) is 26.3. The summed E-state index contributed by atoms with van der Waals surface area (Å²) in [6.07, 6.45) is 1.45. The van der Waals surface area contributed by atoms with E-state index in [1.54, 1.807) is 43.3 Å². The molecule has 0 saturated carbocycles. The lowest BCUT2D eigenvalue weighted by molar-refractivity contribution is -0.132. The highest BCUT2D eigenvalue weighted by Gasteiger charge is 2.48. The first-order valence-corrected chi connectivity index (χ1v) is 15.2. The number of ether oxygens (including phenoxy) is 2. The molecule has 4 aromatic rings. The molecule has 1 N–H and O–H groups in total. The third kappa shape index (κ3) is 6.25. The summed E-state index contributed by atoms with van der Waals surface area (Å²) in [5, 5.41) is 11.6. The molecule has 5 rings (SSSR count). The highest BCUT2D eigenvalue weighted by atomic mass is 127. The van der Waals surface area contributed by atoms with Crippen molar-refractivity contribution in [1.29, 1.82) is 0 Å². The summed E-state index contributed by atoms with van der Waals surface area (Å²) in [5.74, 6) is -2.06. The van der Waals surface area contributed by atoms with Crippen LogP contribution in [0.15, 0.2) is 91.0 Å². The number of aromatic nitrogens is 1. The van der Waals surface area contributed by atoms with Gasteiger partial charge in [-0.05, 0) is 89.5 Å². The van der Waals surface area contributed by atoms with Crippen LogP contribution in [-0.2, 0) is 20.9 Å². The predicted molar refractivity (Wildman–Crippen MR) is 173 cm³/mol. The maximum absolute atomic E-state index is 13.5. The van der Waals surface area contributed by atoms with Gasteiger partial charge in [0.15, 0.2) is 5.13 Å². The van der Waals surface area contributed by atoms with Crippen molar-refractivity contribution in [2.75, 3.05) is 11.5 Å². The van der Waals surface area contributed by atoms with Gasteiger partial charge < -0.3 is 14.6 Å². The van der Waals surface area contributed by atoms with E-state index in [1.165, 1.54) is 11.0 Å². The number of aliphatic hydroxyl groups is 1. The Morgan fingerprint density at radius 2 is 1.77 bits per heavy atom. The Hall–Kier alpha value is -4.29. The Labute approximate surface area is 266 Å². The number of thiazole rings is 1. The Morgan fingerprint density at radius 3 is 2.44 bits per heavy atom. The SMILES string of the molecule is C=CCOC(=O)c1sc(N2C(=O)C(=O)C(=C(O)c3ccc(OCc4ccccc4C)cc3)C2c2ccc(I)cc2)nc1C. The van der Waals surface area contributed by atoms with E-state index in [-0.39, 0.29) is 27.9 Å². The fourth-order valence-corrected chi connectivity index (χ4v) is 6.01. The average Bonchev–Trinajstić information content (AvgIpc) is 3.52. The molecule has 2 heterocycles. The van der Waals surface area contributed by atoms with E-state index in [0.29, 0.717) is 29.2 Å². The van der Waals surface area contributed by atoms with E-state index in [9.17, 15) is 19.5 Å². The second-order valence-electron chi connectivity index (χ2n) is 9.76. The molecule has 1 fully saturated rings. The fraction of sp³-hybridized carbons (Fsp3) is 0.152. The van der Waals surface area contributed by atoms with Gasteiger partial charge in [0.25, 0.3) is 5.78 Å². The van der Waals surface area contributed by atoms with Gasteiger partial charge in [-0.1, -0.05) is 60.4 Å². The van der Waals surface area contributed by atoms with Crippen LogP contribution < -0.4 is 9.64 Å². The molecule has 0 bridgehead atoms. The van der Waals surface area contributed by atoms with Crippen molar-refractivity contribution in [2.45, 2.75) is 26.5 Å². The summed E-state index contributed by atoms with van der Waals surface area (Å²) in [4.78, 5) is 45.5. The normalized spacial score (nSPS) is 15.9. The summed E-state index contributed by atoms with van der Waals surface area (Å²) in [6.45, 7) is 7.60. The molecule has 1 aliphatic heterocycles. The van der Waals surface area contributed by atoms with Crippen LogP contribution in [0.1, 0.15) is 43.7 Å². The molecule has 43 heavy (non-hydrogen) atoms. The van der Waals surface area contributed by atoms with Gasteiger partial charge in [0.1, 0.15) is 29.6 Å². The van der Waals surface area contributed by atoms with Crippen LogP contribution >= 0.6 is 33.9 Å². The zero-order valence-electron chi connectivity index (χ0n) is 23.4. The maximum atomic E-state index is 13.5. The molecule has 10 heteroatoms. The molecular weight excluding hydrogens is 679 g/mol. The summed E-state index contributed by atoms with van der Waals surface area (Å²) in [6, 6.07) is 20.9. The van der Waals surface area contributed by atoms with Gasteiger partial charge in [0.05, 0.1) is 17.3 Å². The molecule has 218 valence electrons. The smallest absolute Gasteiger partial charge is 0.350 e. The third-order valence-corrected chi connectivity index (χ3v) is 8.78. The number of esters is 1. The Kier molecular flexibility index (Phi) is 9.07. The summed E-state index contributed by atoms with van der Waals surface area (Å²) in [5.41, 5.74) is 3.40. The van der Waals surface area contributed by atoms with Crippen molar-refractivity contribution in [3.63, 3.8) is 0 Å². The van der Waals surface area contributed by atoms with E-state index in [4.69, 9.17) is 9.47 Å². The van der Waals surface area contributed by atoms with Crippen LogP contribution in [0.25, 0.3) is 5.76 Å². The lowest BCUT2D eigenvalue weighted by atomic mass is 9.95. The van der Waals surface area contributed by atoms with Crippen LogP contribution in [-0.4, -0.2) is 34.4 Å². The first-order chi connectivity index (χ1) is 20.7. The maximum Gasteiger partial charge on any atom is 0.350 e. The number of hydrogen-bond acceptors (Lipinski definition) is 8. The van der Waals surface area contributed by atoms with E-state index in [0.717, 1.165) is 26.0 Å². The molecule has 0 spiro atoms. The van der Waals surface area contributed by atoms with E-state index < -0.39 is 23.7 Å². The minimum atomic E-state index is -0.975. The Balaban J connectivity index is 1.52. The molecule has 1 aliphatic rings. The number of aryl methyl sites for hydroxylation is 2. The van der Waals surface area contributed by atoms with E-state index in [1.807, 2.05) is 43.3 Å². The largest absolute Gasteiger partial charge is 0.507 e. The quantitative estimate of drug-likeness (QED) is 0.0504. The third-order valence-electron chi connectivity index (χ3n) is 6.92. The second kappa shape index (κ2) is 12.9. The second-order valence-corrected chi connectivity index (χ2v) is 12.0. The number of hydrogen-bond donors (Lipinski definition) is 1. The lowest BCUT2D eigenvalue weighted by Gasteiger charge is -2.23. The summed E-state index contributed by atoms with van der Waals surface area (Å²) in [7, 11) is 0. The number of rotatable bonds is 9. The number of carbonyl (C=O) groups is 3. The molecule has 1 amide bonds. The number of ketones is 1. The van der Waals surface area contributed by atoms with Crippen molar-refractivity contribution < 1.29 is 29.0 Å².